The molecule has 4 N–H and O–H groups in total. The molecule has 1 aliphatic carbocycles. The van der Waals surface area contributed by atoms with Gasteiger partial charge in [-0.05, 0) is 35.1 Å². The van der Waals surface area contributed by atoms with Gasteiger partial charge in [0.05, 0.1) is 0 Å². The molecule has 0 unspecified atom stereocenters. The van der Waals surface area contributed by atoms with Crippen LogP contribution >= 0.6 is 24.8 Å². The molecule has 8 nitrogen and oxygen atoms in total. The fourth-order valence-corrected chi connectivity index (χ4v) is 3.83. The molecule has 33 heavy (non-hydrogen) atoms. The molecule has 0 spiro atoms. The number of carboxylic acid groups (broad SMARTS) is 1. The Bertz CT molecular complexity index is 925. The van der Waals surface area contributed by atoms with Gasteiger partial charge in [-0.1, -0.05) is 48.5 Å². The molecule has 1 atom stereocenters. The fourth-order valence-electron chi connectivity index (χ4n) is 3.83. The minimum Gasteiger partial charge on any atom is -0.480 e. The Hall–Kier alpha value is -2.97. The summed E-state index contributed by atoms with van der Waals surface area (Å²) >= 11 is 0. The molecule has 180 valence electrons. The lowest BCUT2D eigenvalue weighted by Gasteiger charge is -2.17. The lowest BCUT2D eigenvalue weighted by Crippen LogP contribution is -2.42. The standard InChI is InChI=1S/C23H28N4O4.2ClH/c1-24-22(25-2)26-13-7-12-20(21(28)29)27-23(30)31-14-19-17-10-5-3-8-15(17)16-9-4-6-11-18(16)19;;/h3-6,8-11,19-20H,7,12-14H2,1-2H3,(H,27,30)(H,28,29)(H2,24,25,26);2*1H/t20-;;/m0../s1. The van der Waals surface area contributed by atoms with Crippen molar-refractivity contribution in [3.05, 3.63) is 59.7 Å². The van der Waals surface area contributed by atoms with Crippen molar-refractivity contribution in [1.82, 2.24) is 16.0 Å². The second-order valence-corrected chi connectivity index (χ2v) is 7.25. The maximum atomic E-state index is 12.3. The van der Waals surface area contributed by atoms with E-state index in [4.69, 9.17) is 4.74 Å². The van der Waals surface area contributed by atoms with Gasteiger partial charge in [0.15, 0.2) is 5.96 Å². The number of aliphatic carboxylic acids is 1. The first-order valence-electron chi connectivity index (χ1n) is 10.3. The van der Waals surface area contributed by atoms with Crippen LogP contribution in [0, 0.1) is 0 Å². The Morgan fingerprint density at radius 3 is 2.15 bits per heavy atom. The molecule has 0 aromatic heterocycles. The maximum absolute atomic E-state index is 12.3. The highest BCUT2D eigenvalue weighted by Gasteiger charge is 2.29. The van der Waals surface area contributed by atoms with E-state index in [-0.39, 0.29) is 43.8 Å². The zero-order valence-electron chi connectivity index (χ0n) is 18.5. The van der Waals surface area contributed by atoms with Crippen molar-refractivity contribution in [3.63, 3.8) is 0 Å². The lowest BCUT2D eigenvalue weighted by molar-refractivity contribution is -0.139. The predicted molar refractivity (Wildman–Crippen MR) is 134 cm³/mol. The van der Waals surface area contributed by atoms with Gasteiger partial charge in [0.1, 0.15) is 12.6 Å². The first-order valence-corrected chi connectivity index (χ1v) is 10.3. The Balaban J connectivity index is 0.00000272. The van der Waals surface area contributed by atoms with Crippen molar-refractivity contribution in [3.8, 4) is 11.1 Å². The highest BCUT2D eigenvalue weighted by molar-refractivity contribution is 5.85. The summed E-state index contributed by atoms with van der Waals surface area (Å²) in [6.45, 7) is 0.676. The molecule has 2 aromatic carbocycles. The number of rotatable bonds is 8. The van der Waals surface area contributed by atoms with E-state index in [1.54, 1.807) is 14.1 Å². The summed E-state index contributed by atoms with van der Waals surface area (Å²) in [7, 11) is 3.39. The van der Waals surface area contributed by atoms with Crippen molar-refractivity contribution >= 4 is 42.8 Å². The molecule has 1 amide bonds. The van der Waals surface area contributed by atoms with E-state index in [2.05, 4.69) is 33.1 Å². The molecule has 2 aromatic rings. The summed E-state index contributed by atoms with van der Waals surface area (Å²) in [4.78, 5) is 27.9. The van der Waals surface area contributed by atoms with E-state index >= 15 is 0 Å². The van der Waals surface area contributed by atoms with Crippen LogP contribution in [0.1, 0.15) is 29.9 Å². The van der Waals surface area contributed by atoms with Gasteiger partial charge >= 0.3 is 12.1 Å². The van der Waals surface area contributed by atoms with E-state index in [1.165, 1.54) is 0 Å². The smallest absolute Gasteiger partial charge is 0.407 e. The van der Waals surface area contributed by atoms with Gasteiger partial charge in [0.2, 0.25) is 0 Å². The minimum absolute atomic E-state index is 0. The van der Waals surface area contributed by atoms with Gasteiger partial charge in [0, 0.05) is 26.6 Å². The molecule has 0 heterocycles. The van der Waals surface area contributed by atoms with Crippen LogP contribution in [-0.2, 0) is 9.53 Å². The largest absolute Gasteiger partial charge is 0.480 e. The van der Waals surface area contributed by atoms with E-state index in [0.717, 1.165) is 22.3 Å². The zero-order chi connectivity index (χ0) is 22.2. The number of halogens is 2. The molecule has 0 fully saturated rings. The number of carbonyl (C=O) groups excluding carboxylic acids is 1. The number of ether oxygens (including phenoxy) is 1. The predicted octanol–water partition coefficient (Wildman–Crippen LogP) is 3.40. The molecule has 0 saturated carbocycles. The number of guanidine groups is 1. The first kappa shape index (κ1) is 28.1. The third-order valence-electron chi connectivity index (χ3n) is 5.36. The molecule has 0 radical (unpaired) electrons. The quantitative estimate of drug-likeness (QED) is 0.253. The number of nitrogens with zero attached hydrogens (tertiary/aromatic N) is 1. The van der Waals surface area contributed by atoms with Crippen molar-refractivity contribution < 1.29 is 19.4 Å². The monoisotopic (exact) mass is 496 g/mol. The van der Waals surface area contributed by atoms with Crippen LogP contribution in [0.2, 0.25) is 0 Å². The van der Waals surface area contributed by atoms with Crippen LogP contribution in [0.4, 0.5) is 4.79 Å². The molecular weight excluding hydrogens is 467 g/mol. The molecule has 3 rings (SSSR count). The lowest BCUT2D eigenvalue weighted by atomic mass is 9.98. The van der Waals surface area contributed by atoms with Crippen LogP contribution in [0.25, 0.3) is 11.1 Å². The van der Waals surface area contributed by atoms with Crippen molar-refractivity contribution in [2.75, 3.05) is 27.2 Å². The van der Waals surface area contributed by atoms with E-state index in [0.29, 0.717) is 18.9 Å². The summed E-state index contributed by atoms with van der Waals surface area (Å²) in [5, 5.41) is 17.8. The maximum Gasteiger partial charge on any atom is 0.407 e. The average Bonchev–Trinajstić information content (AvgIpc) is 3.10. The van der Waals surface area contributed by atoms with Crippen LogP contribution < -0.4 is 16.0 Å². The topological polar surface area (TPSA) is 112 Å². The molecule has 1 aliphatic rings. The number of alkyl carbamates (subject to hydrolysis) is 1. The number of carboxylic acids is 1. The van der Waals surface area contributed by atoms with Gasteiger partial charge in [-0.3, -0.25) is 4.99 Å². The summed E-state index contributed by atoms with van der Waals surface area (Å²) in [5.41, 5.74) is 4.49. The number of hydrogen-bond donors (Lipinski definition) is 4. The van der Waals surface area contributed by atoms with Gasteiger partial charge in [-0.15, -0.1) is 24.8 Å². The molecule has 10 heteroatoms. The number of hydrogen-bond acceptors (Lipinski definition) is 4. The molecular formula is C23H30Cl2N4O4. The summed E-state index contributed by atoms with van der Waals surface area (Å²) in [6.07, 6.45) is 0.0856. The van der Waals surface area contributed by atoms with E-state index in [9.17, 15) is 14.7 Å². The van der Waals surface area contributed by atoms with Crippen LogP contribution in [0.3, 0.4) is 0 Å². The Morgan fingerprint density at radius 1 is 1.06 bits per heavy atom. The number of fused-ring (bicyclic) bond motifs is 3. The summed E-state index contributed by atoms with van der Waals surface area (Å²) < 4.78 is 5.44. The van der Waals surface area contributed by atoms with Crippen LogP contribution in [0.15, 0.2) is 53.5 Å². The van der Waals surface area contributed by atoms with Gasteiger partial charge in [0.25, 0.3) is 0 Å². The number of nitrogens with one attached hydrogen (secondary N) is 3. The number of benzene rings is 2. The summed E-state index contributed by atoms with van der Waals surface area (Å²) in [6, 6.07) is 15.1. The third-order valence-corrected chi connectivity index (χ3v) is 5.36. The third kappa shape index (κ3) is 7.00. The number of amides is 1. The zero-order valence-corrected chi connectivity index (χ0v) is 20.2. The van der Waals surface area contributed by atoms with Gasteiger partial charge < -0.3 is 25.8 Å². The van der Waals surface area contributed by atoms with Crippen molar-refractivity contribution in [2.45, 2.75) is 24.8 Å². The van der Waals surface area contributed by atoms with Crippen LogP contribution in [-0.4, -0.2) is 56.4 Å². The number of carbonyl (C=O) groups is 2. The van der Waals surface area contributed by atoms with E-state index in [1.807, 2.05) is 36.4 Å². The van der Waals surface area contributed by atoms with Crippen LogP contribution in [0.5, 0.6) is 0 Å². The Labute approximate surface area is 206 Å². The second-order valence-electron chi connectivity index (χ2n) is 7.25. The Morgan fingerprint density at radius 2 is 1.64 bits per heavy atom. The Kier molecular flexibility index (Phi) is 11.5. The van der Waals surface area contributed by atoms with Crippen molar-refractivity contribution in [2.24, 2.45) is 4.99 Å². The van der Waals surface area contributed by atoms with E-state index < -0.39 is 18.1 Å². The SMILES string of the molecule is CN=C(NC)NCCC[C@H](NC(=O)OCC1c2ccccc2-c2ccccc21)C(=O)O.Cl.Cl. The van der Waals surface area contributed by atoms with Crippen molar-refractivity contribution in [1.29, 1.82) is 0 Å². The highest BCUT2D eigenvalue weighted by Crippen LogP contribution is 2.44. The fraction of sp³-hybridized carbons (Fsp3) is 0.348. The first-order chi connectivity index (χ1) is 15.0. The normalized spacial score (nSPS) is 12.8. The molecule has 0 bridgehead atoms. The van der Waals surface area contributed by atoms with Gasteiger partial charge in [-0.25, -0.2) is 9.59 Å². The summed E-state index contributed by atoms with van der Waals surface area (Å²) in [5.74, 6) is -0.540. The molecule has 0 saturated heterocycles. The average molecular weight is 497 g/mol. The molecule has 0 aliphatic heterocycles. The highest BCUT2D eigenvalue weighted by atomic mass is 35.5. The second kappa shape index (κ2) is 13.5. The minimum atomic E-state index is -1.09. The van der Waals surface area contributed by atoms with Gasteiger partial charge in [-0.2, -0.15) is 0 Å². The number of aliphatic imine (C=N–C) groups is 1.